The summed E-state index contributed by atoms with van der Waals surface area (Å²) in [5.41, 5.74) is 27.4. The molecule has 4 nitrogen and oxygen atoms in total. The SMILES string of the molecule is Cc1ccc(N(c2ccc(C)cc2)c2ccc(CCCCCCCc3ccc(N(c4ccc(C)cc4)c4ccc(-c5cc(N(c6ccccc6)c6ccc(-c7ccc(N(c8ccccc8)c8cccc9ccccc89)cc7C)c(C)c6)c6ccccc6c5)cc4)cc3)cc2)cc1. The Hall–Kier alpha value is -11.2. The molecule has 0 N–H and O–H groups in total. The minimum absolute atomic E-state index is 1.08. The van der Waals surface area contributed by atoms with Gasteiger partial charge in [-0.1, -0.05) is 218 Å². The molecule has 14 rings (SSSR count). The van der Waals surface area contributed by atoms with E-state index in [2.05, 4.69) is 376 Å². The molecule has 0 amide bonds. The lowest BCUT2D eigenvalue weighted by Gasteiger charge is -2.29. The summed E-state index contributed by atoms with van der Waals surface area (Å²) < 4.78 is 0. The number of unbranched alkanes of at least 4 members (excludes halogenated alkanes) is 4. The van der Waals surface area contributed by atoms with Crippen LogP contribution in [0.15, 0.2) is 322 Å². The molecule has 470 valence electrons. The second kappa shape index (κ2) is 28.6. The van der Waals surface area contributed by atoms with Crippen molar-refractivity contribution in [1.29, 1.82) is 0 Å². The van der Waals surface area contributed by atoms with E-state index in [1.165, 1.54) is 121 Å². The van der Waals surface area contributed by atoms with Crippen molar-refractivity contribution in [2.45, 2.75) is 79.6 Å². The van der Waals surface area contributed by atoms with Crippen molar-refractivity contribution in [3.05, 3.63) is 360 Å². The van der Waals surface area contributed by atoms with Crippen molar-refractivity contribution in [3.8, 4) is 22.3 Å². The Labute approximate surface area is 568 Å². The molecule has 14 aromatic carbocycles. The van der Waals surface area contributed by atoms with Crippen molar-refractivity contribution >= 4 is 89.8 Å². The lowest BCUT2D eigenvalue weighted by atomic mass is 9.94. The fourth-order valence-corrected chi connectivity index (χ4v) is 13.8. The van der Waals surface area contributed by atoms with Crippen LogP contribution in [-0.2, 0) is 12.8 Å². The second-order valence-electron chi connectivity index (χ2n) is 25.9. The second-order valence-corrected chi connectivity index (χ2v) is 25.9. The number of rotatable bonds is 22. The van der Waals surface area contributed by atoms with Gasteiger partial charge in [-0.3, -0.25) is 0 Å². The van der Waals surface area contributed by atoms with Crippen LogP contribution in [0.5, 0.6) is 0 Å². The van der Waals surface area contributed by atoms with Gasteiger partial charge in [-0.25, -0.2) is 0 Å². The van der Waals surface area contributed by atoms with E-state index in [0.717, 1.165) is 75.2 Å². The molecule has 0 heterocycles. The fourth-order valence-electron chi connectivity index (χ4n) is 13.8. The Bertz CT molecular complexity index is 4880. The Morgan fingerprint density at radius 3 is 1.01 bits per heavy atom. The molecule has 0 bridgehead atoms. The molecule has 14 aromatic rings. The van der Waals surface area contributed by atoms with Gasteiger partial charge in [0.25, 0.3) is 0 Å². The maximum absolute atomic E-state index is 2.44. The number of para-hydroxylation sites is 2. The van der Waals surface area contributed by atoms with Crippen molar-refractivity contribution < 1.29 is 0 Å². The van der Waals surface area contributed by atoms with Crippen molar-refractivity contribution in [1.82, 2.24) is 0 Å². The first-order valence-corrected chi connectivity index (χ1v) is 34.2. The van der Waals surface area contributed by atoms with Gasteiger partial charge in [0, 0.05) is 67.6 Å². The average Bonchev–Trinajstić information content (AvgIpc) is 0.792. The predicted octanol–water partition coefficient (Wildman–Crippen LogP) is 26.5. The van der Waals surface area contributed by atoms with Crippen LogP contribution in [0.1, 0.15) is 71.0 Å². The van der Waals surface area contributed by atoms with Crippen LogP contribution in [0.2, 0.25) is 0 Å². The number of fused-ring (bicyclic) bond motifs is 2. The number of hydrogen-bond acceptors (Lipinski definition) is 4. The lowest BCUT2D eigenvalue weighted by Crippen LogP contribution is -2.11. The highest BCUT2D eigenvalue weighted by atomic mass is 15.2. The Morgan fingerprint density at radius 2 is 0.562 bits per heavy atom. The number of aryl methyl sites for hydroxylation is 7. The molecule has 0 saturated heterocycles. The highest BCUT2D eigenvalue weighted by Gasteiger charge is 2.22. The molecule has 0 saturated carbocycles. The molecular formula is C92H82N4. The van der Waals surface area contributed by atoms with Gasteiger partial charge in [-0.15, -0.1) is 0 Å². The van der Waals surface area contributed by atoms with E-state index in [9.17, 15) is 0 Å². The highest BCUT2D eigenvalue weighted by molar-refractivity contribution is 6.03. The fraction of sp³-hybridized carbons (Fsp3) is 0.130. The quantitative estimate of drug-likeness (QED) is 0.0627. The van der Waals surface area contributed by atoms with Gasteiger partial charge in [0.15, 0.2) is 0 Å². The molecular weight excluding hydrogens is 1160 g/mol. The maximum atomic E-state index is 2.44. The summed E-state index contributed by atoms with van der Waals surface area (Å²) >= 11 is 0. The minimum atomic E-state index is 1.08. The molecule has 0 aliphatic heterocycles. The van der Waals surface area contributed by atoms with Gasteiger partial charge in [0.05, 0.1) is 11.4 Å². The molecule has 0 spiro atoms. The van der Waals surface area contributed by atoms with Crippen LogP contribution in [0.3, 0.4) is 0 Å². The molecule has 0 aliphatic carbocycles. The first kappa shape index (κ1) is 62.3. The van der Waals surface area contributed by atoms with Gasteiger partial charge in [0.2, 0.25) is 0 Å². The van der Waals surface area contributed by atoms with Crippen LogP contribution < -0.4 is 19.6 Å². The summed E-state index contributed by atoms with van der Waals surface area (Å²) in [7, 11) is 0. The largest absolute Gasteiger partial charge is 0.311 e. The third-order valence-corrected chi connectivity index (χ3v) is 19.0. The zero-order chi connectivity index (χ0) is 65.3. The number of anilines is 12. The molecule has 4 heteroatoms. The molecule has 0 unspecified atom stereocenters. The van der Waals surface area contributed by atoms with E-state index in [4.69, 9.17) is 0 Å². The molecule has 0 atom stereocenters. The maximum Gasteiger partial charge on any atom is 0.0546 e. The van der Waals surface area contributed by atoms with E-state index < -0.39 is 0 Å². The van der Waals surface area contributed by atoms with Gasteiger partial charge in [0.1, 0.15) is 0 Å². The Kier molecular flexibility index (Phi) is 18.5. The van der Waals surface area contributed by atoms with E-state index >= 15 is 0 Å². The first-order valence-electron chi connectivity index (χ1n) is 34.2. The average molecular weight is 1240 g/mol. The zero-order valence-electron chi connectivity index (χ0n) is 55.8. The zero-order valence-corrected chi connectivity index (χ0v) is 55.8. The highest BCUT2D eigenvalue weighted by Crippen LogP contribution is 2.46. The topological polar surface area (TPSA) is 13.0 Å². The smallest absolute Gasteiger partial charge is 0.0546 e. The van der Waals surface area contributed by atoms with Gasteiger partial charge in [-0.05, 0) is 255 Å². The van der Waals surface area contributed by atoms with Gasteiger partial charge < -0.3 is 19.6 Å². The van der Waals surface area contributed by atoms with Gasteiger partial charge in [-0.2, -0.15) is 0 Å². The number of benzene rings is 14. The molecule has 0 aliphatic rings. The van der Waals surface area contributed by atoms with Crippen LogP contribution >= 0.6 is 0 Å². The third-order valence-electron chi connectivity index (χ3n) is 19.0. The summed E-state index contributed by atoms with van der Waals surface area (Å²) in [6.45, 7) is 10.9. The minimum Gasteiger partial charge on any atom is -0.311 e. The summed E-state index contributed by atoms with van der Waals surface area (Å²) in [5, 5.41) is 4.81. The lowest BCUT2D eigenvalue weighted by molar-refractivity contribution is 0.613. The van der Waals surface area contributed by atoms with E-state index in [1.54, 1.807) is 0 Å². The monoisotopic (exact) mass is 1240 g/mol. The number of hydrogen-bond donors (Lipinski definition) is 0. The van der Waals surface area contributed by atoms with Crippen LogP contribution in [0.4, 0.5) is 68.2 Å². The number of nitrogens with zero attached hydrogens (tertiary/aromatic N) is 4. The summed E-state index contributed by atoms with van der Waals surface area (Å²) in [5.74, 6) is 0. The van der Waals surface area contributed by atoms with Gasteiger partial charge >= 0.3 is 0 Å². The standard InChI is InChI=1S/C92H82N4/c1-66-34-46-79(47-35-66)93(80-48-36-67(2)37-49-80)82-52-40-71(41-53-82)22-11-7-6-8-12-23-72-42-54-83(55-43-72)94(81-50-38-68(3)39-51-81)84-56-44-73(45-57-84)76-64-75-25-18-20-32-90(75)92(65-76)96(78-29-15-10-16-30-78)86-59-61-88(70(5)63-86)87-60-58-85(62-69(87)4)95(77-27-13-9-14-28-77)91-33-21-26-74-24-17-19-31-89(74)91/h9-10,13-21,24-65H,6-8,11-12,22-23H2,1-5H3. The summed E-state index contributed by atoms with van der Waals surface area (Å²) in [4.78, 5) is 9.57. The molecule has 0 fully saturated rings. The van der Waals surface area contributed by atoms with E-state index in [1.807, 2.05) is 0 Å². The molecule has 96 heavy (non-hydrogen) atoms. The molecule has 0 radical (unpaired) electrons. The Balaban J connectivity index is 0.671. The summed E-state index contributed by atoms with van der Waals surface area (Å²) in [6, 6.07) is 118. The van der Waals surface area contributed by atoms with Crippen molar-refractivity contribution in [3.63, 3.8) is 0 Å². The molecule has 0 aromatic heterocycles. The summed E-state index contributed by atoms with van der Waals surface area (Å²) in [6.07, 6.45) is 8.31. The van der Waals surface area contributed by atoms with Crippen LogP contribution in [0.25, 0.3) is 43.8 Å². The first-order chi connectivity index (χ1) is 47.1. The van der Waals surface area contributed by atoms with E-state index in [0.29, 0.717) is 0 Å². The third kappa shape index (κ3) is 13.7. The van der Waals surface area contributed by atoms with Crippen molar-refractivity contribution in [2.75, 3.05) is 19.6 Å². The van der Waals surface area contributed by atoms with Crippen LogP contribution in [-0.4, -0.2) is 0 Å². The van der Waals surface area contributed by atoms with Crippen LogP contribution in [0, 0.1) is 34.6 Å². The normalized spacial score (nSPS) is 11.3. The van der Waals surface area contributed by atoms with Crippen molar-refractivity contribution in [2.24, 2.45) is 0 Å². The predicted molar refractivity (Wildman–Crippen MR) is 412 cm³/mol. The van der Waals surface area contributed by atoms with E-state index in [-0.39, 0.29) is 0 Å². The Morgan fingerprint density at radius 1 is 0.219 bits per heavy atom.